The maximum Gasteiger partial charge on any atom is 0.346 e. The number of phenols is 4. The van der Waals surface area contributed by atoms with Gasteiger partial charge in [0.2, 0.25) is 11.6 Å². The molecule has 2 aromatic carbocycles. The molecule has 0 saturated carbocycles. The molecule has 0 bridgehead atoms. The molecule has 2 rings (SSSR count). The van der Waals surface area contributed by atoms with Crippen molar-refractivity contribution in [3.8, 4) is 23.0 Å². The van der Waals surface area contributed by atoms with E-state index in [2.05, 4.69) is 0 Å². The lowest BCUT2D eigenvalue weighted by Crippen LogP contribution is -2.68. The number of carboxylic acids is 2. The van der Waals surface area contributed by atoms with Gasteiger partial charge in [-0.15, -0.1) is 0 Å². The van der Waals surface area contributed by atoms with Gasteiger partial charge in [0.15, 0.2) is 23.0 Å². The highest BCUT2D eigenvalue weighted by atomic mass is 16.5. The zero-order valence-electron chi connectivity index (χ0n) is 19.0. The zero-order valence-corrected chi connectivity index (χ0v) is 19.0. The van der Waals surface area contributed by atoms with Crippen molar-refractivity contribution in [3.05, 3.63) is 59.7 Å². The third-order valence-corrected chi connectivity index (χ3v) is 5.41. The van der Waals surface area contributed by atoms with Crippen LogP contribution < -0.4 is 0 Å². The normalized spacial score (nSPS) is 16.4. The summed E-state index contributed by atoms with van der Waals surface area (Å²) >= 11 is 0. The predicted octanol–water partition coefficient (Wildman–Crippen LogP) is -1.27. The molecule has 0 fully saturated rings. The van der Waals surface area contributed by atoms with Crippen LogP contribution in [0.3, 0.4) is 0 Å². The van der Waals surface area contributed by atoms with Crippen LogP contribution in [-0.4, -0.2) is 98.0 Å². The van der Waals surface area contributed by atoms with Gasteiger partial charge in [-0.25, -0.2) is 9.59 Å². The van der Waals surface area contributed by atoms with E-state index in [1.165, 1.54) is 0 Å². The largest absolute Gasteiger partial charge is 0.504 e. The van der Waals surface area contributed by atoms with Gasteiger partial charge in [-0.05, 0) is 47.5 Å². The lowest BCUT2D eigenvalue weighted by molar-refractivity contribution is -0.208. The number of aromatic hydroxyl groups is 4. The summed E-state index contributed by atoms with van der Waals surface area (Å²) < 4.78 is 0. The number of rotatable bonds is 11. The number of aliphatic hydroxyl groups excluding tert-OH is 2. The van der Waals surface area contributed by atoms with Crippen LogP contribution in [0.25, 0.3) is 12.2 Å². The van der Waals surface area contributed by atoms with Gasteiger partial charge in [0.25, 0.3) is 11.2 Å². The average molecular weight is 534 g/mol. The molecule has 0 aliphatic heterocycles. The van der Waals surface area contributed by atoms with Crippen molar-refractivity contribution < 1.29 is 70.2 Å². The minimum absolute atomic E-state index is 0.000879. The molecule has 14 nitrogen and oxygen atoms in total. The Labute approximate surface area is 212 Å². The number of hydrogen-bond donors (Lipinski definition) is 10. The molecule has 202 valence electrons. The Morgan fingerprint density at radius 2 is 0.921 bits per heavy atom. The lowest BCUT2D eigenvalue weighted by Gasteiger charge is -2.35. The third kappa shape index (κ3) is 5.63. The molecule has 38 heavy (non-hydrogen) atoms. The maximum absolute atomic E-state index is 12.5. The highest BCUT2D eigenvalue weighted by Gasteiger charge is 2.61. The summed E-state index contributed by atoms with van der Waals surface area (Å²) in [6.07, 6.45) is -4.15. The Morgan fingerprint density at radius 1 is 0.605 bits per heavy atom. The molecule has 10 N–H and O–H groups in total. The minimum Gasteiger partial charge on any atom is -0.504 e. The van der Waals surface area contributed by atoms with E-state index in [0.717, 1.165) is 48.6 Å². The molecular weight excluding hydrogens is 512 g/mol. The van der Waals surface area contributed by atoms with Gasteiger partial charge in [0, 0.05) is 0 Å². The molecule has 0 aromatic heterocycles. The Bertz CT molecular complexity index is 1230. The van der Waals surface area contributed by atoms with Crippen LogP contribution in [-0.2, 0) is 19.2 Å². The van der Waals surface area contributed by atoms with Crippen LogP contribution in [0.2, 0.25) is 0 Å². The summed E-state index contributed by atoms with van der Waals surface area (Å²) in [6.45, 7) is 0. The first kappa shape index (κ1) is 29.5. The number of hydrogen-bond acceptors (Lipinski definition) is 12. The van der Waals surface area contributed by atoms with Crippen molar-refractivity contribution in [1.82, 2.24) is 0 Å². The number of benzene rings is 2. The van der Waals surface area contributed by atoms with Crippen LogP contribution in [0.15, 0.2) is 48.6 Å². The van der Waals surface area contributed by atoms with Crippen LogP contribution in [0, 0.1) is 0 Å². The molecule has 0 aliphatic rings. The Balaban J connectivity index is 2.41. The molecule has 0 unspecified atom stereocenters. The Morgan fingerprint density at radius 3 is 1.18 bits per heavy atom. The Kier molecular flexibility index (Phi) is 8.61. The number of phenolic OH excluding ortho intramolecular Hbond substituents is 4. The van der Waals surface area contributed by atoms with Gasteiger partial charge in [-0.1, -0.05) is 24.3 Å². The molecule has 4 atom stereocenters. The van der Waals surface area contributed by atoms with Gasteiger partial charge in [0.1, 0.15) is 12.2 Å². The fraction of sp³-hybridized carbons (Fsp3) is 0.167. The summed E-state index contributed by atoms with van der Waals surface area (Å²) in [5.41, 5.74) is -7.96. The van der Waals surface area contributed by atoms with E-state index in [-0.39, 0.29) is 11.1 Å². The van der Waals surface area contributed by atoms with Crippen molar-refractivity contribution in [2.24, 2.45) is 0 Å². The summed E-state index contributed by atoms with van der Waals surface area (Å²) in [6, 6.07) is 6.20. The average Bonchev–Trinajstić information content (AvgIpc) is 2.87. The van der Waals surface area contributed by atoms with E-state index in [1.807, 2.05) is 0 Å². The summed E-state index contributed by atoms with van der Waals surface area (Å²) in [7, 11) is 0. The van der Waals surface area contributed by atoms with Crippen LogP contribution in [0.5, 0.6) is 23.0 Å². The van der Waals surface area contributed by atoms with E-state index in [1.54, 1.807) is 0 Å². The number of ketones is 2. The fourth-order valence-electron chi connectivity index (χ4n) is 3.10. The second-order valence-electron chi connectivity index (χ2n) is 7.92. The minimum atomic E-state index is -3.98. The molecular formula is C24H22O14. The van der Waals surface area contributed by atoms with E-state index >= 15 is 0 Å². The zero-order chi connectivity index (χ0) is 29.0. The molecule has 14 heteroatoms. The van der Waals surface area contributed by atoms with Crippen LogP contribution in [0.4, 0.5) is 0 Å². The predicted molar refractivity (Wildman–Crippen MR) is 125 cm³/mol. The standard InChI is InChI=1S/C24H22O14/c25-13-5-1-11(9-15(13)27)3-7-17(29)23(37,21(33)34)19(31)20(32)24(38,22(35)36)18(30)8-4-12-2-6-14(26)16(28)10-12/h1-10,19-20,25-28,31-32,37-38H,(H,33,34)(H,35,36)/b7-3+,8-4+/t19-,20+,23-,24-/m0/s1. The highest BCUT2D eigenvalue weighted by Crippen LogP contribution is 2.29. The van der Waals surface area contributed by atoms with Gasteiger partial charge in [0.05, 0.1) is 0 Å². The molecule has 2 aromatic rings. The van der Waals surface area contributed by atoms with Gasteiger partial charge in [-0.2, -0.15) is 0 Å². The summed E-state index contributed by atoms with van der Waals surface area (Å²) in [4.78, 5) is 48.6. The number of carbonyl (C=O) groups is 4. The molecule has 0 amide bonds. The Hall–Kier alpha value is -4.76. The van der Waals surface area contributed by atoms with E-state index < -0.39 is 69.9 Å². The second-order valence-corrected chi connectivity index (χ2v) is 7.92. The van der Waals surface area contributed by atoms with Gasteiger partial charge >= 0.3 is 11.9 Å². The topological polar surface area (TPSA) is 271 Å². The van der Waals surface area contributed by atoms with Crippen molar-refractivity contribution >= 4 is 35.7 Å². The van der Waals surface area contributed by atoms with E-state index in [9.17, 15) is 70.2 Å². The van der Waals surface area contributed by atoms with Crippen LogP contribution in [0.1, 0.15) is 11.1 Å². The lowest BCUT2D eigenvalue weighted by atomic mass is 9.79. The van der Waals surface area contributed by atoms with Crippen molar-refractivity contribution in [3.63, 3.8) is 0 Å². The van der Waals surface area contributed by atoms with Crippen molar-refractivity contribution in [1.29, 1.82) is 0 Å². The van der Waals surface area contributed by atoms with Crippen molar-refractivity contribution in [2.75, 3.05) is 0 Å². The summed E-state index contributed by atoms with van der Waals surface area (Å²) in [5.74, 6) is -10.9. The summed E-state index contributed by atoms with van der Waals surface area (Å²) in [5, 5.41) is 98.1. The SMILES string of the molecule is O=C(O)[C@](O)(C(=O)/C=C/c1ccc(O)c(O)c1)[C@H](O)[C@H](O)[C@](O)(C(=O)O)C(=O)/C=C/c1ccc(O)c(O)c1. The molecule has 0 heterocycles. The molecule has 0 spiro atoms. The van der Waals surface area contributed by atoms with E-state index in [4.69, 9.17) is 0 Å². The quantitative estimate of drug-likeness (QED) is 0.0914. The third-order valence-electron chi connectivity index (χ3n) is 5.41. The van der Waals surface area contributed by atoms with Gasteiger partial charge < -0.3 is 51.1 Å². The number of aliphatic hydroxyl groups is 4. The fourth-order valence-corrected chi connectivity index (χ4v) is 3.10. The van der Waals surface area contributed by atoms with Gasteiger partial charge in [-0.3, -0.25) is 9.59 Å². The second kappa shape index (κ2) is 11.1. The van der Waals surface area contributed by atoms with Crippen molar-refractivity contribution in [2.45, 2.75) is 23.4 Å². The number of aliphatic carboxylic acids is 2. The van der Waals surface area contributed by atoms with Crippen LogP contribution >= 0.6 is 0 Å². The smallest absolute Gasteiger partial charge is 0.346 e. The first-order chi connectivity index (χ1) is 17.6. The maximum atomic E-state index is 12.5. The monoisotopic (exact) mass is 534 g/mol. The number of carbonyl (C=O) groups excluding carboxylic acids is 2. The first-order valence-corrected chi connectivity index (χ1v) is 10.3. The van der Waals surface area contributed by atoms with E-state index in [0.29, 0.717) is 12.2 Å². The molecule has 0 aliphatic carbocycles. The highest BCUT2D eigenvalue weighted by molar-refractivity contribution is 6.16. The number of carboxylic acid groups (broad SMARTS) is 2. The first-order valence-electron chi connectivity index (χ1n) is 10.3. The molecule has 0 radical (unpaired) electrons. The molecule has 0 saturated heterocycles.